The second-order valence-electron chi connectivity index (χ2n) is 21.3. The molecule has 7 aliphatic heterocycles. The zero-order chi connectivity index (χ0) is 50.1. The van der Waals surface area contributed by atoms with Gasteiger partial charge in [0.25, 0.3) is 5.91 Å². The minimum atomic E-state index is -0.749. The lowest BCUT2D eigenvalue weighted by atomic mass is 9.94. The number of phenolic OH excluding ortho intramolecular Hbond substituents is 1. The fraction of sp³-hybridized carbons (Fsp3) is 0.491. The Morgan fingerprint density at radius 1 is 0.877 bits per heavy atom. The number of nitrogens with one attached hydrogen (secondary N) is 2. The summed E-state index contributed by atoms with van der Waals surface area (Å²) in [4.78, 5) is 62.6. The van der Waals surface area contributed by atoms with E-state index in [0.29, 0.717) is 54.1 Å². The molecule has 5 atom stereocenters. The number of phenols is 1. The molecule has 3 amide bonds. The summed E-state index contributed by atoms with van der Waals surface area (Å²) in [6.45, 7) is 7.77. The molecule has 2 bridgehead atoms. The van der Waals surface area contributed by atoms with Crippen LogP contribution in [0.15, 0.2) is 48.7 Å². The zero-order valence-corrected chi connectivity index (χ0v) is 41.0. The largest absolute Gasteiger partial charge is 0.508 e. The van der Waals surface area contributed by atoms with Crippen molar-refractivity contribution in [2.24, 2.45) is 5.92 Å². The molecule has 0 spiro atoms. The monoisotopic (exact) mass is 994 g/mol. The van der Waals surface area contributed by atoms with Crippen LogP contribution >= 0.6 is 0 Å². The van der Waals surface area contributed by atoms with Crippen molar-refractivity contribution in [2.45, 2.75) is 101 Å². The van der Waals surface area contributed by atoms with Gasteiger partial charge in [0, 0.05) is 112 Å². The Hall–Kier alpha value is -6.52. The summed E-state index contributed by atoms with van der Waals surface area (Å²) in [5.74, 6) is 1.21. The first-order chi connectivity index (χ1) is 35.4. The smallest absolute Gasteiger partial charge is 0.319 e. The van der Waals surface area contributed by atoms with Crippen LogP contribution in [0.5, 0.6) is 11.8 Å². The Labute approximate surface area is 422 Å². The molecule has 380 valence electrons. The number of likely N-dealkylation sites (tertiary alicyclic amines) is 2. The van der Waals surface area contributed by atoms with Gasteiger partial charge < -0.3 is 39.5 Å². The molecule has 5 aromatic rings. The lowest BCUT2D eigenvalue weighted by molar-refractivity contribution is -0.136. The fourth-order valence-electron chi connectivity index (χ4n) is 12.7. The number of benzene rings is 3. The SMILES string of the molecule is C#Cc1c(F)ccc2cc(O)cc(-c3ncc4c(N5CC6CCC(C5)N6)nc(OC[C@@H]5C[C@@H](OC6CCN(CC7CCN(c8ccc9c(c8)CN(C8CCC(=O)NC8=O)C9=O)CC7)CC6)CN5C)nc4c3F)c12. The minimum Gasteiger partial charge on any atom is -0.508 e. The Kier molecular flexibility index (Phi) is 12.6. The molecule has 6 saturated heterocycles. The predicted octanol–water partition coefficient (Wildman–Crippen LogP) is 5.36. The number of ether oxygens (including phenoxy) is 2. The van der Waals surface area contributed by atoms with Crippen LogP contribution in [0.3, 0.4) is 0 Å². The third-order valence-corrected chi connectivity index (χ3v) is 16.6. The van der Waals surface area contributed by atoms with Crippen LogP contribution in [-0.2, 0) is 20.9 Å². The first kappa shape index (κ1) is 47.5. The van der Waals surface area contributed by atoms with Crippen LogP contribution in [0.4, 0.5) is 20.3 Å². The maximum Gasteiger partial charge on any atom is 0.319 e. The Morgan fingerprint density at radius 2 is 1.67 bits per heavy atom. The summed E-state index contributed by atoms with van der Waals surface area (Å²) in [5.41, 5.74) is 2.69. The molecule has 12 rings (SSSR count). The van der Waals surface area contributed by atoms with E-state index >= 15 is 8.78 Å². The summed E-state index contributed by atoms with van der Waals surface area (Å²) in [7, 11) is 2.07. The zero-order valence-electron chi connectivity index (χ0n) is 41.0. The highest BCUT2D eigenvalue weighted by Crippen LogP contribution is 2.40. The molecular weight excluding hydrogens is 935 g/mol. The quantitative estimate of drug-likeness (QED) is 0.114. The maximum atomic E-state index is 17.1. The van der Waals surface area contributed by atoms with Crippen molar-refractivity contribution >= 4 is 50.9 Å². The lowest BCUT2D eigenvalue weighted by Crippen LogP contribution is -2.52. The number of hydrogen-bond donors (Lipinski definition) is 3. The molecule has 0 saturated carbocycles. The molecule has 9 heterocycles. The van der Waals surface area contributed by atoms with Crippen molar-refractivity contribution in [1.82, 2.24) is 40.3 Å². The number of halogens is 2. The van der Waals surface area contributed by atoms with E-state index in [2.05, 4.69) is 59.2 Å². The van der Waals surface area contributed by atoms with Gasteiger partial charge in [-0.15, -0.1) is 6.42 Å². The predicted molar refractivity (Wildman–Crippen MR) is 270 cm³/mol. The second kappa shape index (κ2) is 19.4. The minimum absolute atomic E-state index is 0.0150. The molecule has 3 N–H and O–H groups in total. The Morgan fingerprint density at radius 3 is 2.44 bits per heavy atom. The maximum absolute atomic E-state index is 17.1. The van der Waals surface area contributed by atoms with Crippen LogP contribution in [0, 0.1) is 29.9 Å². The molecule has 6 fully saturated rings. The van der Waals surface area contributed by atoms with Crippen molar-refractivity contribution in [3.8, 4) is 35.4 Å². The van der Waals surface area contributed by atoms with E-state index in [1.54, 1.807) is 11.1 Å². The topological polar surface area (TPSA) is 169 Å². The molecule has 2 aromatic heterocycles. The number of amides is 3. The van der Waals surface area contributed by atoms with Crippen LogP contribution in [0.25, 0.3) is 32.9 Å². The number of likely N-dealkylation sites (N-methyl/N-ethyl adjacent to an activating group) is 1. The normalized spacial score (nSPS) is 25.3. The Balaban J connectivity index is 0.657. The van der Waals surface area contributed by atoms with Gasteiger partial charge in [0.05, 0.1) is 23.2 Å². The van der Waals surface area contributed by atoms with E-state index in [-0.39, 0.29) is 94.7 Å². The average molecular weight is 995 g/mol. The molecule has 3 unspecified atom stereocenters. The van der Waals surface area contributed by atoms with Crippen molar-refractivity contribution < 1.29 is 37.7 Å². The van der Waals surface area contributed by atoms with Crippen molar-refractivity contribution in [3.05, 3.63) is 77.0 Å². The van der Waals surface area contributed by atoms with Crippen molar-refractivity contribution in [1.29, 1.82) is 0 Å². The highest BCUT2D eigenvalue weighted by molar-refractivity contribution is 6.06. The average Bonchev–Trinajstić information content (AvgIpc) is 4.04. The Bertz CT molecular complexity index is 3050. The van der Waals surface area contributed by atoms with Crippen LogP contribution in [0.1, 0.15) is 79.3 Å². The van der Waals surface area contributed by atoms with Gasteiger partial charge in [0.2, 0.25) is 11.8 Å². The molecule has 3 aromatic carbocycles. The number of carbonyl (C=O) groups is 3. The number of fused-ring (bicyclic) bond motifs is 5. The van der Waals surface area contributed by atoms with Gasteiger partial charge in [-0.05, 0) is 112 Å². The molecule has 0 radical (unpaired) electrons. The number of pyridine rings is 1. The van der Waals surface area contributed by atoms with Gasteiger partial charge in [0.1, 0.15) is 41.2 Å². The van der Waals surface area contributed by atoms with E-state index < -0.39 is 23.6 Å². The molecular formula is C55H60F2N10O6. The molecule has 18 heteroatoms. The second-order valence-corrected chi connectivity index (χ2v) is 21.3. The number of aromatic hydroxyl groups is 1. The third kappa shape index (κ3) is 9.19. The van der Waals surface area contributed by atoms with Crippen LogP contribution in [0.2, 0.25) is 0 Å². The van der Waals surface area contributed by atoms with Crippen molar-refractivity contribution in [3.63, 3.8) is 0 Å². The summed E-state index contributed by atoms with van der Waals surface area (Å²) < 4.78 is 45.4. The molecule has 73 heavy (non-hydrogen) atoms. The first-order valence-corrected chi connectivity index (χ1v) is 26.0. The number of imide groups is 1. The highest BCUT2D eigenvalue weighted by Gasteiger charge is 2.40. The lowest BCUT2D eigenvalue weighted by Gasteiger charge is -2.38. The standard InChI is InChI=1S/C55H60F2N10O6/c1-3-41-45(56)9-4-32-21-38(68)23-43(48(32)41)50-49(57)51-44(24-58-50)52(66-27-34-5-6-35(28-66)59-34)62-55(61-51)72-30-37-22-40(29-63(37)2)73-39-14-16-64(17-15-39)25-31-12-18-65(19-13-31)36-7-8-42-33(20-36)26-67(54(42)71)46-10-11-47(69)60-53(46)70/h1,4,7-9,20-21,23-24,31,34-35,37,39-40,46,59,68H,5-6,10-19,22,25-30H2,2H3,(H,60,69,70)/t34?,35?,37-,40+,46?/m0/s1. The van der Waals surface area contributed by atoms with Gasteiger partial charge in [0.15, 0.2) is 5.82 Å². The molecule has 0 aliphatic carbocycles. The number of hydrogen-bond acceptors (Lipinski definition) is 14. The van der Waals surface area contributed by atoms with Crippen molar-refractivity contribution in [2.75, 3.05) is 75.8 Å². The number of piperidine rings is 3. The fourth-order valence-corrected chi connectivity index (χ4v) is 12.7. The van der Waals surface area contributed by atoms with Gasteiger partial charge in [-0.1, -0.05) is 12.0 Å². The van der Waals surface area contributed by atoms with Crippen LogP contribution < -0.4 is 25.2 Å². The number of terminal acetylenes is 1. The molecule has 16 nitrogen and oxygen atoms in total. The number of carbonyl (C=O) groups excluding carboxylic acids is 3. The number of piperazine rings is 1. The number of rotatable bonds is 11. The highest BCUT2D eigenvalue weighted by atomic mass is 19.1. The van der Waals surface area contributed by atoms with E-state index in [1.807, 2.05) is 12.1 Å². The van der Waals surface area contributed by atoms with E-state index in [9.17, 15) is 19.5 Å². The summed E-state index contributed by atoms with van der Waals surface area (Å²) in [6.07, 6.45) is 15.1. The first-order valence-electron chi connectivity index (χ1n) is 26.0. The number of aromatic nitrogens is 3. The van der Waals surface area contributed by atoms with Gasteiger partial charge in [-0.2, -0.15) is 9.97 Å². The van der Waals surface area contributed by atoms with Gasteiger partial charge in [-0.3, -0.25) is 29.6 Å². The van der Waals surface area contributed by atoms with Gasteiger partial charge in [-0.25, -0.2) is 8.78 Å². The summed E-state index contributed by atoms with van der Waals surface area (Å²) >= 11 is 0. The molecule has 7 aliphatic rings. The number of nitrogens with zero attached hydrogens (tertiary/aromatic N) is 8. The van der Waals surface area contributed by atoms with E-state index in [0.717, 1.165) is 95.5 Å². The van der Waals surface area contributed by atoms with Crippen LogP contribution in [-0.4, -0.2) is 155 Å². The summed E-state index contributed by atoms with van der Waals surface area (Å²) in [5, 5.41) is 17.9. The van der Waals surface area contributed by atoms with E-state index in [1.165, 1.54) is 24.3 Å². The van der Waals surface area contributed by atoms with Gasteiger partial charge >= 0.3 is 6.01 Å². The van der Waals surface area contributed by atoms with E-state index in [4.69, 9.17) is 20.9 Å². The summed E-state index contributed by atoms with van der Waals surface area (Å²) in [6, 6.07) is 11.6. The number of anilines is 2. The third-order valence-electron chi connectivity index (χ3n) is 16.6.